The minimum Gasteiger partial charge on any atom is -0.457 e. The molecule has 2 aromatic rings. The Balaban J connectivity index is 1.90. The molecule has 3 rings (SSSR count). The third kappa shape index (κ3) is 3.65. The fraction of sp³-hybridized carbons (Fsp3) is 0.0667. The molecule has 1 aliphatic rings. The van der Waals surface area contributed by atoms with Crippen LogP contribution in [0.25, 0.3) is 17.4 Å². The molecule has 8 heteroatoms. The van der Waals surface area contributed by atoms with Gasteiger partial charge < -0.3 is 9.73 Å². The summed E-state index contributed by atoms with van der Waals surface area (Å²) in [6.45, 7) is 0. The van der Waals surface area contributed by atoms with E-state index in [9.17, 15) is 13.2 Å². The van der Waals surface area contributed by atoms with E-state index < -0.39 is 11.7 Å². The Morgan fingerprint density at radius 2 is 1.91 bits per heavy atom. The highest BCUT2D eigenvalue weighted by Crippen LogP contribution is 2.33. The molecule has 23 heavy (non-hydrogen) atoms. The molecule has 1 aromatic heterocycles. The van der Waals surface area contributed by atoms with Crippen molar-refractivity contribution >= 4 is 51.6 Å². The lowest BCUT2D eigenvalue weighted by atomic mass is 10.1. The number of hydrogen-bond donors (Lipinski definition) is 1. The van der Waals surface area contributed by atoms with Crippen molar-refractivity contribution in [3.05, 3.63) is 52.6 Å². The van der Waals surface area contributed by atoms with E-state index in [1.165, 1.54) is 17.8 Å². The van der Waals surface area contributed by atoms with Crippen LogP contribution >= 0.6 is 36.2 Å². The Hall–Kier alpha value is -1.64. The predicted molar refractivity (Wildman–Crippen MR) is 93.0 cm³/mol. The van der Waals surface area contributed by atoms with Crippen molar-refractivity contribution in [1.82, 2.24) is 5.32 Å². The average molecular weight is 371 g/mol. The van der Waals surface area contributed by atoms with Gasteiger partial charge in [-0.05, 0) is 30.3 Å². The van der Waals surface area contributed by atoms with Crippen LogP contribution in [0.5, 0.6) is 0 Å². The summed E-state index contributed by atoms with van der Waals surface area (Å²) < 4.78 is 44.4. The summed E-state index contributed by atoms with van der Waals surface area (Å²) in [5, 5.41) is 2.84. The maximum Gasteiger partial charge on any atom is 0.416 e. The van der Waals surface area contributed by atoms with Gasteiger partial charge in [0.15, 0.2) is 0 Å². The second kappa shape index (κ2) is 6.10. The van der Waals surface area contributed by atoms with Gasteiger partial charge in [-0.3, -0.25) is 0 Å². The molecule has 1 aromatic carbocycles. The van der Waals surface area contributed by atoms with Gasteiger partial charge in [0, 0.05) is 5.56 Å². The van der Waals surface area contributed by atoms with Gasteiger partial charge >= 0.3 is 6.18 Å². The second-order valence-corrected chi connectivity index (χ2v) is 6.76. The molecule has 0 atom stereocenters. The van der Waals surface area contributed by atoms with Crippen molar-refractivity contribution in [2.24, 2.45) is 0 Å². The van der Waals surface area contributed by atoms with Crippen molar-refractivity contribution in [3.63, 3.8) is 0 Å². The topological polar surface area (TPSA) is 25.2 Å². The molecule has 118 valence electrons. The number of thioether (sulfide) groups is 1. The highest BCUT2D eigenvalue weighted by Gasteiger charge is 2.30. The zero-order valence-corrected chi connectivity index (χ0v) is 13.8. The number of halogens is 3. The number of furan rings is 1. The number of thiocarbonyl (C=S) groups is 2. The van der Waals surface area contributed by atoms with Gasteiger partial charge in [0.25, 0.3) is 0 Å². The van der Waals surface area contributed by atoms with Gasteiger partial charge in [0.2, 0.25) is 0 Å². The molecule has 0 bridgehead atoms. The molecule has 2 heterocycles. The summed E-state index contributed by atoms with van der Waals surface area (Å²) in [5.41, 5.74) is -0.354. The summed E-state index contributed by atoms with van der Waals surface area (Å²) in [7, 11) is 0. The standard InChI is InChI=1S/C15H8F3NOS3/c16-15(17,18)9-3-1-2-8(6-9)11-5-4-10(20-11)7-12-13(21)19-14(22)23-12/h1-7H,(H,19,21,22). The van der Waals surface area contributed by atoms with Crippen molar-refractivity contribution in [3.8, 4) is 11.3 Å². The molecule has 0 unspecified atom stereocenters. The quantitative estimate of drug-likeness (QED) is 0.574. The molecule has 0 spiro atoms. The van der Waals surface area contributed by atoms with E-state index in [0.717, 1.165) is 17.0 Å². The third-order valence-electron chi connectivity index (χ3n) is 3.02. The van der Waals surface area contributed by atoms with Crippen LogP contribution in [0.15, 0.2) is 45.7 Å². The minimum absolute atomic E-state index is 0.354. The average Bonchev–Trinajstić information content (AvgIpc) is 3.06. The number of alkyl halides is 3. The molecule has 1 N–H and O–H groups in total. The number of nitrogens with one attached hydrogen (secondary N) is 1. The van der Waals surface area contributed by atoms with Crippen LogP contribution in [-0.2, 0) is 6.18 Å². The first-order valence-electron chi connectivity index (χ1n) is 6.35. The Morgan fingerprint density at radius 1 is 1.13 bits per heavy atom. The Labute approximate surface area is 144 Å². The molecule has 0 radical (unpaired) electrons. The van der Waals surface area contributed by atoms with Crippen LogP contribution in [-0.4, -0.2) is 9.31 Å². The lowest BCUT2D eigenvalue weighted by molar-refractivity contribution is -0.137. The molecule has 1 aliphatic heterocycles. The summed E-state index contributed by atoms with van der Waals surface area (Å²) in [4.78, 5) is 1.26. The van der Waals surface area contributed by atoms with Gasteiger partial charge in [0.05, 0.1) is 10.5 Å². The first kappa shape index (κ1) is 16.2. The van der Waals surface area contributed by atoms with E-state index in [1.54, 1.807) is 24.3 Å². The van der Waals surface area contributed by atoms with Crippen molar-refractivity contribution < 1.29 is 17.6 Å². The highest BCUT2D eigenvalue weighted by molar-refractivity contribution is 8.27. The van der Waals surface area contributed by atoms with Crippen LogP contribution in [0.4, 0.5) is 13.2 Å². The van der Waals surface area contributed by atoms with Crippen LogP contribution in [0, 0.1) is 0 Å². The second-order valence-electron chi connectivity index (χ2n) is 4.63. The summed E-state index contributed by atoms with van der Waals surface area (Å²) in [5.74, 6) is 0.848. The zero-order valence-electron chi connectivity index (χ0n) is 11.3. The molecule has 1 fully saturated rings. The van der Waals surface area contributed by atoms with Gasteiger partial charge in [-0.25, -0.2) is 0 Å². The smallest absolute Gasteiger partial charge is 0.416 e. The lowest BCUT2D eigenvalue weighted by Crippen LogP contribution is -2.15. The van der Waals surface area contributed by atoms with Gasteiger partial charge in [-0.15, -0.1) is 0 Å². The van der Waals surface area contributed by atoms with Crippen LogP contribution in [0.1, 0.15) is 11.3 Å². The van der Waals surface area contributed by atoms with E-state index in [1.807, 2.05) is 0 Å². The SMILES string of the molecule is FC(F)(F)c1cccc(-c2ccc(C=C3SC(=S)NC3=S)o2)c1. The fourth-order valence-corrected chi connectivity index (χ4v) is 3.44. The molecule has 0 aliphatic carbocycles. The van der Waals surface area contributed by atoms with Crippen molar-refractivity contribution in [2.75, 3.05) is 0 Å². The maximum atomic E-state index is 12.8. The molecule has 1 saturated heterocycles. The lowest BCUT2D eigenvalue weighted by Gasteiger charge is -2.07. The molecule has 2 nitrogen and oxygen atoms in total. The normalized spacial score (nSPS) is 16.9. The maximum absolute atomic E-state index is 12.8. The van der Waals surface area contributed by atoms with Crippen LogP contribution in [0.2, 0.25) is 0 Å². The number of hydrogen-bond acceptors (Lipinski definition) is 4. The predicted octanol–water partition coefficient (Wildman–Crippen LogP) is 5.26. The molecule has 0 amide bonds. The first-order chi connectivity index (χ1) is 10.8. The van der Waals surface area contributed by atoms with E-state index in [0.29, 0.717) is 26.4 Å². The van der Waals surface area contributed by atoms with Gasteiger partial charge in [-0.2, -0.15) is 13.2 Å². The van der Waals surface area contributed by atoms with E-state index in [-0.39, 0.29) is 0 Å². The summed E-state index contributed by atoms with van der Waals surface area (Å²) in [6, 6.07) is 8.29. The highest BCUT2D eigenvalue weighted by atomic mass is 32.2. The summed E-state index contributed by atoms with van der Waals surface area (Å²) in [6.07, 6.45) is -2.68. The first-order valence-corrected chi connectivity index (χ1v) is 7.98. The monoisotopic (exact) mass is 371 g/mol. The largest absolute Gasteiger partial charge is 0.457 e. The Bertz CT molecular complexity index is 823. The number of rotatable bonds is 2. The van der Waals surface area contributed by atoms with Gasteiger partial charge in [-0.1, -0.05) is 48.3 Å². The van der Waals surface area contributed by atoms with Gasteiger partial charge in [0.1, 0.15) is 20.8 Å². The Kier molecular flexibility index (Phi) is 4.31. The number of benzene rings is 1. The van der Waals surface area contributed by atoms with E-state index >= 15 is 0 Å². The molecular weight excluding hydrogens is 363 g/mol. The van der Waals surface area contributed by atoms with Crippen LogP contribution in [0.3, 0.4) is 0 Å². The van der Waals surface area contributed by atoms with E-state index in [2.05, 4.69) is 5.32 Å². The molecular formula is C15H8F3NOS3. The van der Waals surface area contributed by atoms with E-state index in [4.69, 9.17) is 28.9 Å². The minimum atomic E-state index is -4.39. The van der Waals surface area contributed by atoms with Crippen molar-refractivity contribution in [2.45, 2.75) is 6.18 Å². The zero-order chi connectivity index (χ0) is 16.6. The van der Waals surface area contributed by atoms with Crippen molar-refractivity contribution in [1.29, 1.82) is 0 Å². The van der Waals surface area contributed by atoms with Crippen LogP contribution < -0.4 is 5.32 Å². The third-order valence-corrected chi connectivity index (χ3v) is 4.65. The fourth-order valence-electron chi connectivity index (χ4n) is 1.98. The Morgan fingerprint density at radius 3 is 2.57 bits per heavy atom. The molecule has 0 saturated carbocycles. The summed E-state index contributed by atoms with van der Waals surface area (Å²) >= 11 is 11.4.